The highest BCUT2D eigenvalue weighted by molar-refractivity contribution is 5.79. The maximum Gasteiger partial charge on any atom is 0.224 e. The second kappa shape index (κ2) is 8.45. The fourth-order valence-electron chi connectivity index (χ4n) is 3.57. The molecular weight excluding hydrogens is 349 g/mol. The number of hydrogen-bond acceptors (Lipinski definition) is 5. The van der Waals surface area contributed by atoms with Gasteiger partial charge in [-0.25, -0.2) is 4.39 Å². The number of aromatic nitrogens is 1. The molecule has 4 atom stereocenters. The highest BCUT2D eigenvalue weighted by Crippen LogP contribution is 2.28. The second-order valence-corrected chi connectivity index (χ2v) is 7.00. The van der Waals surface area contributed by atoms with Crippen LogP contribution in [0.25, 0.3) is 0 Å². The molecule has 1 heterocycles. The number of aliphatic hydroxyl groups excluding tert-OH is 1. The zero-order valence-corrected chi connectivity index (χ0v) is 15.4. The molecule has 7 heteroatoms. The van der Waals surface area contributed by atoms with Crippen LogP contribution >= 0.6 is 0 Å². The molecule has 1 aromatic carbocycles. The van der Waals surface area contributed by atoms with E-state index in [0.717, 1.165) is 5.56 Å². The minimum Gasteiger partial charge on any atom is -0.487 e. The molecule has 1 aliphatic carbocycles. The van der Waals surface area contributed by atoms with Gasteiger partial charge in [-0.2, -0.15) is 0 Å². The number of carbonyl (C=O) groups excluding carboxylic acids is 1. The Morgan fingerprint density at radius 2 is 2.07 bits per heavy atom. The monoisotopic (exact) mass is 373 g/mol. The summed E-state index contributed by atoms with van der Waals surface area (Å²) in [6, 6.07) is 8.84. The van der Waals surface area contributed by atoms with Crippen molar-refractivity contribution in [3.63, 3.8) is 0 Å². The van der Waals surface area contributed by atoms with Gasteiger partial charge in [0.25, 0.3) is 0 Å². The number of carbonyl (C=O) groups is 1. The summed E-state index contributed by atoms with van der Waals surface area (Å²) in [5.74, 6) is -0.164. The number of likely N-dealkylation sites (N-methyl/N-ethyl adjacent to an activating group) is 1. The topological polar surface area (TPSA) is 74.7 Å². The quantitative estimate of drug-likeness (QED) is 0.801. The van der Waals surface area contributed by atoms with Gasteiger partial charge in [0.15, 0.2) is 0 Å². The Hall–Kier alpha value is -2.51. The molecule has 0 saturated heterocycles. The van der Waals surface area contributed by atoms with Crippen molar-refractivity contribution in [3.05, 3.63) is 60.2 Å². The van der Waals surface area contributed by atoms with Crippen molar-refractivity contribution in [3.8, 4) is 5.75 Å². The lowest BCUT2D eigenvalue weighted by atomic mass is 10.1. The molecule has 0 aliphatic heterocycles. The van der Waals surface area contributed by atoms with E-state index in [0.29, 0.717) is 12.2 Å². The van der Waals surface area contributed by atoms with Crippen LogP contribution in [0.4, 0.5) is 4.39 Å². The molecule has 2 N–H and O–H groups in total. The molecule has 1 aliphatic rings. The van der Waals surface area contributed by atoms with Crippen LogP contribution in [0.15, 0.2) is 48.8 Å². The summed E-state index contributed by atoms with van der Waals surface area (Å²) < 4.78 is 19.2. The number of nitrogens with zero attached hydrogens (tertiary/aromatic N) is 2. The van der Waals surface area contributed by atoms with Gasteiger partial charge in [0.05, 0.1) is 18.5 Å². The first-order chi connectivity index (χ1) is 12.9. The van der Waals surface area contributed by atoms with Crippen molar-refractivity contribution in [1.82, 2.24) is 15.2 Å². The van der Waals surface area contributed by atoms with Crippen molar-refractivity contribution in [1.29, 1.82) is 0 Å². The fourth-order valence-corrected chi connectivity index (χ4v) is 3.57. The van der Waals surface area contributed by atoms with Crippen LogP contribution in [0, 0.1) is 5.82 Å². The molecule has 0 unspecified atom stereocenters. The average molecular weight is 373 g/mol. The van der Waals surface area contributed by atoms with Gasteiger partial charge in [0.2, 0.25) is 5.91 Å². The molecule has 6 nitrogen and oxygen atoms in total. The summed E-state index contributed by atoms with van der Waals surface area (Å²) in [5.41, 5.74) is 0.870. The van der Waals surface area contributed by atoms with Crippen molar-refractivity contribution in [2.24, 2.45) is 0 Å². The first kappa shape index (κ1) is 19.3. The summed E-state index contributed by atoms with van der Waals surface area (Å²) in [6.07, 6.45) is 2.62. The first-order valence-electron chi connectivity index (χ1n) is 8.89. The Labute approximate surface area is 158 Å². The van der Waals surface area contributed by atoms with Gasteiger partial charge in [-0.3, -0.25) is 9.78 Å². The number of rotatable bonds is 6. The lowest BCUT2D eigenvalue weighted by Gasteiger charge is -2.29. The van der Waals surface area contributed by atoms with Gasteiger partial charge in [0.1, 0.15) is 23.8 Å². The van der Waals surface area contributed by atoms with E-state index in [1.54, 1.807) is 36.7 Å². The SMILES string of the molecule is CN(C)[C@@H]1[C@@H](O)[C@H](Oc2cccc(F)c2)C[C@H]1NC(=O)Cc1ccncc1. The van der Waals surface area contributed by atoms with E-state index in [4.69, 9.17) is 4.74 Å². The second-order valence-electron chi connectivity index (χ2n) is 7.00. The Balaban J connectivity index is 1.67. The molecular formula is C20H24FN3O3. The van der Waals surface area contributed by atoms with E-state index >= 15 is 0 Å². The van der Waals surface area contributed by atoms with E-state index in [-0.39, 0.29) is 24.4 Å². The summed E-state index contributed by atoms with van der Waals surface area (Å²) in [5, 5.41) is 13.7. The molecule has 0 radical (unpaired) electrons. The number of hydrogen-bond donors (Lipinski definition) is 2. The van der Waals surface area contributed by atoms with Crippen LogP contribution in [0.5, 0.6) is 5.75 Å². The molecule has 1 aromatic heterocycles. The molecule has 0 spiro atoms. The van der Waals surface area contributed by atoms with Crippen LogP contribution in [-0.2, 0) is 11.2 Å². The van der Waals surface area contributed by atoms with Crippen LogP contribution in [0.1, 0.15) is 12.0 Å². The zero-order chi connectivity index (χ0) is 19.4. The molecule has 2 aromatic rings. The summed E-state index contributed by atoms with van der Waals surface area (Å²) in [6.45, 7) is 0. The van der Waals surface area contributed by atoms with Gasteiger partial charge < -0.3 is 20.1 Å². The summed E-state index contributed by atoms with van der Waals surface area (Å²) >= 11 is 0. The number of nitrogens with one attached hydrogen (secondary N) is 1. The van der Waals surface area contributed by atoms with E-state index in [1.807, 2.05) is 19.0 Å². The maximum atomic E-state index is 13.4. The van der Waals surface area contributed by atoms with E-state index in [9.17, 15) is 14.3 Å². The molecule has 3 rings (SSSR count). The minimum absolute atomic E-state index is 0.128. The number of halogens is 1. The van der Waals surface area contributed by atoms with E-state index in [1.165, 1.54) is 12.1 Å². The molecule has 27 heavy (non-hydrogen) atoms. The van der Waals surface area contributed by atoms with Gasteiger partial charge in [-0.1, -0.05) is 6.07 Å². The van der Waals surface area contributed by atoms with E-state index < -0.39 is 18.0 Å². The van der Waals surface area contributed by atoms with Gasteiger partial charge >= 0.3 is 0 Å². The highest BCUT2D eigenvalue weighted by Gasteiger charge is 2.45. The normalized spacial score (nSPS) is 24.8. The van der Waals surface area contributed by atoms with Crippen LogP contribution in [0.2, 0.25) is 0 Å². The van der Waals surface area contributed by atoms with Crippen molar-refractivity contribution < 1.29 is 19.0 Å². The Kier molecular flexibility index (Phi) is 6.03. The Morgan fingerprint density at radius 1 is 1.33 bits per heavy atom. The largest absolute Gasteiger partial charge is 0.487 e. The highest BCUT2D eigenvalue weighted by atomic mass is 19.1. The number of pyridine rings is 1. The maximum absolute atomic E-state index is 13.4. The number of amides is 1. The molecule has 1 saturated carbocycles. The lowest BCUT2D eigenvalue weighted by Crippen LogP contribution is -2.51. The fraction of sp³-hybridized carbons (Fsp3) is 0.400. The number of ether oxygens (including phenoxy) is 1. The number of benzene rings is 1. The average Bonchev–Trinajstić information content (AvgIpc) is 2.91. The predicted octanol–water partition coefficient (Wildman–Crippen LogP) is 1.39. The van der Waals surface area contributed by atoms with Gasteiger partial charge in [0, 0.05) is 24.9 Å². The zero-order valence-electron chi connectivity index (χ0n) is 15.4. The lowest BCUT2D eigenvalue weighted by molar-refractivity contribution is -0.121. The van der Waals surface area contributed by atoms with Crippen molar-refractivity contribution in [2.45, 2.75) is 37.1 Å². The molecule has 144 valence electrons. The van der Waals surface area contributed by atoms with Gasteiger partial charge in [-0.15, -0.1) is 0 Å². The summed E-state index contributed by atoms with van der Waals surface area (Å²) in [7, 11) is 3.70. The van der Waals surface area contributed by atoms with Crippen LogP contribution < -0.4 is 10.1 Å². The smallest absolute Gasteiger partial charge is 0.224 e. The standard InChI is InChI=1S/C20H24FN3O3/c1-24(2)19-16(23-18(25)10-13-6-8-22-9-7-13)12-17(20(19)26)27-15-5-3-4-14(21)11-15/h3-9,11,16-17,19-20,26H,10,12H2,1-2H3,(H,23,25)/t16-,17-,19+,20+/m1/s1. The molecule has 1 fully saturated rings. The predicted molar refractivity (Wildman–Crippen MR) is 98.8 cm³/mol. The Morgan fingerprint density at radius 3 is 2.74 bits per heavy atom. The van der Waals surface area contributed by atoms with Crippen LogP contribution in [-0.4, -0.2) is 59.3 Å². The third kappa shape index (κ3) is 4.81. The minimum atomic E-state index is -0.811. The number of aliphatic hydroxyl groups is 1. The molecule has 0 bridgehead atoms. The van der Waals surface area contributed by atoms with Crippen molar-refractivity contribution in [2.75, 3.05) is 14.1 Å². The van der Waals surface area contributed by atoms with Crippen LogP contribution in [0.3, 0.4) is 0 Å². The third-order valence-corrected chi connectivity index (χ3v) is 4.77. The first-order valence-corrected chi connectivity index (χ1v) is 8.89. The molecule has 1 amide bonds. The van der Waals surface area contributed by atoms with Gasteiger partial charge in [-0.05, 0) is 43.9 Å². The summed E-state index contributed by atoms with van der Waals surface area (Å²) in [4.78, 5) is 18.2. The van der Waals surface area contributed by atoms with E-state index in [2.05, 4.69) is 10.3 Å². The van der Waals surface area contributed by atoms with Crippen molar-refractivity contribution >= 4 is 5.91 Å². The third-order valence-electron chi connectivity index (χ3n) is 4.77. The Bertz CT molecular complexity index is 772.